The predicted octanol–water partition coefficient (Wildman–Crippen LogP) is 3.96. The van der Waals surface area contributed by atoms with Gasteiger partial charge in [0.2, 0.25) is 5.91 Å². The number of nitrogens with zero attached hydrogens (tertiary/aromatic N) is 4. The topological polar surface area (TPSA) is 79.7 Å². The molecule has 0 spiro atoms. The van der Waals surface area contributed by atoms with E-state index >= 15 is 0 Å². The average Bonchev–Trinajstić information content (AvgIpc) is 3.35. The number of nitrogens with one attached hydrogen (secondary N) is 1. The van der Waals surface area contributed by atoms with E-state index in [9.17, 15) is 4.79 Å². The summed E-state index contributed by atoms with van der Waals surface area (Å²) < 4.78 is 5.62. The molecule has 0 radical (unpaired) electrons. The van der Waals surface area contributed by atoms with Crippen LogP contribution >= 0.6 is 11.3 Å². The van der Waals surface area contributed by atoms with E-state index in [1.54, 1.807) is 29.7 Å². The largest absolute Gasteiger partial charge is 0.495 e. The third-order valence-electron chi connectivity index (χ3n) is 6.28. The molecule has 0 unspecified atom stereocenters. The molecule has 0 bridgehead atoms. The number of aryl methyl sites for hydroxylation is 1. The fourth-order valence-electron chi connectivity index (χ4n) is 4.64. The van der Waals surface area contributed by atoms with Crippen molar-refractivity contribution in [3.63, 3.8) is 0 Å². The van der Waals surface area contributed by atoms with Gasteiger partial charge in [-0.2, -0.15) is 0 Å². The number of rotatable bonds is 4. The van der Waals surface area contributed by atoms with Gasteiger partial charge in [-0.3, -0.25) is 9.79 Å². The van der Waals surface area contributed by atoms with Crippen LogP contribution in [-0.4, -0.2) is 48.2 Å². The number of ether oxygens (including phenoxy) is 1. The van der Waals surface area contributed by atoms with Gasteiger partial charge < -0.3 is 15.0 Å². The minimum atomic E-state index is -0.374. The molecule has 0 saturated heterocycles. The SMILES string of the molecule is COc1cc2c(cc1Nc1ncnc3sc4c(c13)CC[C@@](C)(C(=O)N(C)C)C4)C=NC2. The highest BCUT2D eigenvalue weighted by Crippen LogP contribution is 2.45. The molecule has 2 aliphatic rings. The van der Waals surface area contributed by atoms with Crippen molar-refractivity contribution < 1.29 is 9.53 Å². The van der Waals surface area contributed by atoms with Gasteiger partial charge >= 0.3 is 0 Å². The van der Waals surface area contributed by atoms with Gasteiger partial charge in [0.15, 0.2) is 0 Å². The van der Waals surface area contributed by atoms with Crippen LogP contribution in [0.25, 0.3) is 10.2 Å². The summed E-state index contributed by atoms with van der Waals surface area (Å²) in [5.41, 5.74) is 4.00. The number of benzene rings is 1. The van der Waals surface area contributed by atoms with Crippen LogP contribution in [0.4, 0.5) is 11.5 Å². The van der Waals surface area contributed by atoms with Crippen LogP contribution in [0.3, 0.4) is 0 Å². The number of carbonyl (C=O) groups excluding carboxylic acids is 1. The average molecular weight is 436 g/mol. The summed E-state index contributed by atoms with van der Waals surface area (Å²) in [5.74, 6) is 1.73. The van der Waals surface area contributed by atoms with E-state index in [4.69, 9.17) is 4.74 Å². The molecule has 2 aromatic heterocycles. The third kappa shape index (κ3) is 3.26. The van der Waals surface area contributed by atoms with Crippen LogP contribution in [0.1, 0.15) is 34.9 Å². The fourth-order valence-corrected chi connectivity index (χ4v) is 6.01. The lowest BCUT2D eigenvalue weighted by atomic mass is 9.74. The van der Waals surface area contributed by atoms with E-state index < -0.39 is 0 Å². The van der Waals surface area contributed by atoms with Crippen molar-refractivity contribution in [3.05, 3.63) is 40.0 Å². The van der Waals surface area contributed by atoms with Crippen LogP contribution in [0.15, 0.2) is 23.5 Å². The Labute approximate surface area is 185 Å². The molecule has 0 fully saturated rings. The molecule has 5 rings (SSSR count). The molecule has 1 aliphatic heterocycles. The van der Waals surface area contributed by atoms with Gasteiger partial charge in [-0.25, -0.2) is 9.97 Å². The van der Waals surface area contributed by atoms with Crippen molar-refractivity contribution in [2.45, 2.75) is 32.7 Å². The zero-order valence-electron chi connectivity index (χ0n) is 18.2. The van der Waals surface area contributed by atoms with Crippen molar-refractivity contribution in [2.24, 2.45) is 10.4 Å². The molecule has 3 aromatic rings. The van der Waals surface area contributed by atoms with Crippen LogP contribution in [0.2, 0.25) is 0 Å². The summed E-state index contributed by atoms with van der Waals surface area (Å²) in [4.78, 5) is 30.1. The van der Waals surface area contributed by atoms with Gasteiger partial charge in [0.25, 0.3) is 0 Å². The van der Waals surface area contributed by atoms with E-state index in [0.29, 0.717) is 6.54 Å². The Morgan fingerprint density at radius 1 is 1.29 bits per heavy atom. The molecule has 1 atom stereocenters. The third-order valence-corrected chi connectivity index (χ3v) is 7.42. The zero-order chi connectivity index (χ0) is 21.8. The maximum atomic E-state index is 12.8. The number of carbonyl (C=O) groups is 1. The van der Waals surface area contributed by atoms with Gasteiger partial charge in [-0.05, 0) is 48.1 Å². The Hall–Kier alpha value is -3.00. The Kier molecular flexibility index (Phi) is 4.69. The summed E-state index contributed by atoms with van der Waals surface area (Å²) in [6.07, 6.45) is 5.87. The molecule has 7 nitrogen and oxygen atoms in total. The quantitative estimate of drug-likeness (QED) is 0.671. The number of methoxy groups -OCH3 is 1. The van der Waals surface area contributed by atoms with Gasteiger partial charge in [0, 0.05) is 25.2 Å². The van der Waals surface area contributed by atoms with Crippen LogP contribution < -0.4 is 10.1 Å². The van der Waals surface area contributed by atoms with E-state index in [0.717, 1.165) is 57.9 Å². The Morgan fingerprint density at radius 3 is 2.90 bits per heavy atom. The number of hydrogen-bond acceptors (Lipinski definition) is 7. The minimum Gasteiger partial charge on any atom is -0.495 e. The van der Waals surface area contributed by atoms with Crippen molar-refractivity contribution in [2.75, 3.05) is 26.5 Å². The van der Waals surface area contributed by atoms with Gasteiger partial charge in [-0.1, -0.05) is 6.92 Å². The molecule has 1 aromatic carbocycles. The molecule has 3 heterocycles. The molecule has 0 saturated carbocycles. The van der Waals surface area contributed by atoms with Gasteiger partial charge in [0.05, 0.1) is 30.1 Å². The highest BCUT2D eigenvalue weighted by atomic mass is 32.1. The highest BCUT2D eigenvalue weighted by Gasteiger charge is 2.39. The summed E-state index contributed by atoms with van der Waals surface area (Å²) in [6, 6.07) is 4.09. The molecule has 8 heteroatoms. The number of aliphatic imine (C=N–C) groups is 1. The molecule has 1 amide bonds. The number of anilines is 2. The first kappa shape index (κ1) is 19.9. The van der Waals surface area contributed by atoms with Crippen molar-refractivity contribution in [1.29, 1.82) is 0 Å². The van der Waals surface area contributed by atoms with Crippen molar-refractivity contribution in [3.8, 4) is 5.75 Å². The first-order valence-corrected chi connectivity index (χ1v) is 11.2. The summed E-state index contributed by atoms with van der Waals surface area (Å²) in [7, 11) is 5.33. The van der Waals surface area contributed by atoms with E-state index in [1.165, 1.54) is 10.4 Å². The number of amides is 1. The van der Waals surface area contributed by atoms with E-state index in [-0.39, 0.29) is 11.3 Å². The Bertz CT molecular complexity index is 1230. The van der Waals surface area contributed by atoms with Crippen LogP contribution in [0.5, 0.6) is 5.75 Å². The van der Waals surface area contributed by atoms with E-state index in [2.05, 4.69) is 33.3 Å². The molecular formula is C23H25N5O2S. The fraction of sp³-hybridized carbons (Fsp3) is 0.391. The maximum Gasteiger partial charge on any atom is 0.228 e. The predicted molar refractivity (Wildman–Crippen MR) is 124 cm³/mol. The minimum absolute atomic E-state index is 0.185. The molecular weight excluding hydrogens is 410 g/mol. The standard InChI is InChI=1S/C23H25N5O2S/c1-23(22(29)28(2)3)6-5-15-18(9-23)31-21-19(15)20(25-12-26-21)27-16-7-13-10-24-11-14(13)8-17(16)30-4/h7-8,10,12H,5-6,9,11H2,1-4H3,(H,25,26,27)/t23-/m1/s1. The number of aromatic nitrogens is 2. The lowest BCUT2D eigenvalue weighted by Gasteiger charge is -2.34. The van der Waals surface area contributed by atoms with Gasteiger partial charge in [-0.15, -0.1) is 11.3 Å². The second kappa shape index (κ2) is 7.30. The molecule has 1 aliphatic carbocycles. The van der Waals surface area contributed by atoms with Crippen molar-refractivity contribution >= 4 is 45.2 Å². The smallest absolute Gasteiger partial charge is 0.228 e. The first-order valence-electron chi connectivity index (χ1n) is 10.3. The second-order valence-corrected chi connectivity index (χ2v) is 9.77. The van der Waals surface area contributed by atoms with Crippen LogP contribution in [0, 0.1) is 5.41 Å². The molecule has 160 valence electrons. The Morgan fingerprint density at radius 2 is 2.13 bits per heavy atom. The maximum absolute atomic E-state index is 12.8. The second-order valence-electron chi connectivity index (χ2n) is 8.69. The zero-order valence-corrected chi connectivity index (χ0v) is 19.0. The van der Waals surface area contributed by atoms with E-state index in [1.807, 2.05) is 26.4 Å². The summed E-state index contributed by atoms with van der Waals surface area (Å²) >= 11 is 1.67. The molecule has 31 heavy (non-hydrogen) atoms. The summed E-state index contributed by atoms with van der Waals surface area (Å²) in [6.45, 7) is 2.76. The number of thiophene rings is 1. The monoisotopic (exact) mass is 435 g/mol. The molecule has 1 N–H and O–H groups in total. The number of fused-ring (bicyclic) bond motifs is 4. The first-order chi connectivity index (χ1) is 14.9. The normalized spacial score (nSPS) is 19.2. The summed E-state index contributed by atoms with van der Waals surface area (Å²) in [5, 5.41) is 4.54. The van der Waals surface area contributed by atoms with Crippen molar-refractivity contribution in [1.82, 2.24) is 14.9 Å². The van der Waals surface area contributed by atoms with Gasteiger partial charge in [0.1, 0.15) is 22.7 Å². The lowest BCUT2D eigenvalue weighted by molar-refractivity contribution is -0.139. The number of hydrogen-bond donors (Lipinski definition) is 1. The highest BCUT2D eigenvalue weighted by molar-refractivity contribution is 7.19. The van der Waals surface area contributed by atoms with Crippen LogP contribution in [-0.2, 0) is 24.2 Å². The lowest BCUT2D eigenvalue weighted by Crippen LogP contribution is -2.41. The Balaban J connectivity index is 1.55.